The number of nitrogens with zero attached hydrogens (tertiary/aromatic N) is 5. The first-order chi connectivity index (χ1) is 14.5. The average molecular weight is 406 g/mol. The summed E-state index contributed by atoms with van der Waals surface area (Å²) in [6.45, 7) is 8.67. The maximum atomic E-state index is 5.08. The quantitative estimate of drug-likeness (QED) is 0.470. The van der Waals surface area contributed by atoms with Crippen LogP contribution in [0.25, 0.3) is 22.3 Å². The zero-order valence-electron chi connectivity index (χ0n) is 19.1. The number of hydrogen-bond donors (Lipinski definition) is 0. The van der Waals surface area contributed by atoms with Crippen LogP contribution >= 0.6 is 0 Å². The van der Waals surface area contributed by atoms with E-state index in [1.807, 2.05) is 10.9 Å². The SMILES string of the molecule is CCCCN(C)Cc1cccc(-c2cc(N(C)C3CC3)c3cnn(C(C)C)c3n2)c1. The Labute approximate surface area is 180 Å². The predicted octanol–water partition coefficient (Wildman–Crippen LogP) is 5.51. The van der Waals surface area contributed by atoms with Crippen LogP contribution in [0.4, 0.5) is 5.69 Å². The van der Waals surface area contributed by atoms with Gasteiger partial charge in [0.1, 0.15) is 0 Å². The van der Waals surface area contributed by atoms with Gasteiger partial charge in [0, 0.05) is 31.2 Å². The third kappa shape index (κ3) is 4.36. The van der Waals surface area contributed by atoms with Crippen molar-refractivity contribution in [3.05, 3.63) is 42.1 Å². The molecular weight excluding hydrogens is 370 g/mol. The van der Waals surface area contributed by atoms with Gasteiger partial charge in [-0.2, -0.15) is 5.10 Å². The third-order valence-electron chi connectivity index (χ3n) is 6.08. The van der Waals surface area contributed by atoms with Crippen LogP contribution in [-0.2, 0) is 6.54 Å². The summed E-state index contributed by atoms with van der Waals surface area (Å²) in [6.07, 6.45) is 7.00. The summed E-state index contributed by atoms with van der Waals surface area (Å²) in [5.41, 5.74) is 5.78. The monoisotopic (exact) mass is 405 g/mol. The Morgan fingerprint density at radius 3 is 2.67 bits per heavy atom. The number of fused-ring (bicyclic) bond motifs is 1. The lowest BCUT2D eigenvalue weighted by Crippen LogP contribution is -2.20. The van der Waals surface area contributed by atoms with Crippen molar-refractivity contribution >= 4 is 16.7 Å². The van der Waals surface area contributed by atoms with E-state index in [0.29, 0.717) is 6.04 Å². The minimum atomic E-state index is 0.280. The summed E-state index contributed by atoms with van der Waals surface area (Å²) in [7, 11) is 4.42. The van der Waals surface area contributed by atoms with Crippen molar-refractivity contribution in [1.29, 1.82) is 0 Å². The fourth-order valence-corrected chi connectivity index (χ4v) is 4.13. The van der Waals surface area contributed by atoms with Crippen molar-refractivity contribution in [3.8, 4) is 11.3 Å². The van der Waals surface area contributed by atoms with E-state index in [4.69, 9.17) is 4.98 Å². The number of anilines is 1. The van der Waals surface area contributed by atoms with Gasteiger partial charge in [0.15, 0.2) is 5.65 Å². The molecule has 3 aromatic rings. The molecule has 30 heavy (non-hydrogen) atoms. The van der Waals surface area contributed by atoms with Gasteiger partial charge in [-0.3, -0.25) is 0 Å². The minimum Gasteiger partial charge on any atom is -0.371 e. The molecule has 0 amide bonds. The molecule has 2 heterocycles. The van der Waals surface area contributed by atoms with E-state index < -0.39 is 0 Å². The van der Waals surface area contributed by atoms with Crippen LogP contribution in [0.5, 0.6) is 0 Å². The van der Waals surface area contributed by atoms with Gasteiger partial charge in [-0.1, -0.05) is 31.5 Å². The molecule has 160 valence electrons. The molecule has 1 fully saturated rings. The van der Waals surface area contributed by atoms with E-state index >= 15 is 0 Å². The maximum absolute atomic E-state index is 5.08. The van der Waals surface area contributed by atoms with E-state index in [9.17, 15) is 0 Å². The van der Waals surface area contributed by atoms with E-state index in [1.54, 1.807) is 0 Å². The lowest BCUT2D eigenvalue weighted by Gasteiger charge is -2.21. The normalized spacial score (nSPS) is 14.2. The van der Waals surface area contributed by atoms with Crippen LogP contribution < -0.4 is 4.90 Å². The molecule has 2 aromatic heterocycles. The molecule has 5 heteroatoms. The first kappa shape index (κ1) is 20.9. The van der Waals surface area contributed by atoms with Crippen LogP contribution in [-0.4, -0.2) is 46.3 Å². The second-order valence-electron chi connectivity index (χ2n) is 9.08. The molecule has 0 spiro atoms. The number of hydrogen-bond acceptors (Lipinski definition) is 4. The minimum absolute atomic E-state index is 0.280. The number of unbranched alkanes of at least 4 members (excludes halogenated alkanes) is 1. The second kappa shape index (κ2) is 8.76. The van der Waals surface area contributed by atoms with Gasteiger partial charge in [0.2, 0.25) is 0 Å². The van der Waals surface area contributed by atoms with Crippen molar-refractivity contribution in [2.24, 2.45) is 0 Å². The van der Waals surface area contributed by atoms with E-state index in [-0.39, 0.29) is 6.04 Å². The highest BCUT2D eigenvalue weighted by Gasteiger charge is 2.28. The standard InChI is InChI=1S/C25H35N5/c1-6-7-13-28(4)17-19-9-8-10-20(14-19)23-15-24(29(5)21-11-12-21)22-16-26-30(18(2)3)25(22)27-23/h8-10,14-16,18,21H,6-7,11-13,17H2,1-5H3. The molecule has 5 nitrogen and oxygen atoms in total. The van der Waals surface area contributed by atoms with Crippen molar-refractivity contribution in [1.82, 2.24) is 19.7 Å². The molecule has 1 aromatic carbocycles. The van der Waals surface area contributed by atoms with Gasteiger partial charge in [-0.05, 0) is 64.4 Å². The fourth-order valence-electron chi connectivity index (χ4n) is 4.13. The Kier molecular flexibility index (Phi) is 6.09. The highest BCUT2D eigenvalue weighted by atomic mass is 15.3. The average Bonchev–Trinajstić information content (AvgIpc) is 3.49. The highest BCUT2D eigenvalue weighted by molar-refractivity contribution is 5.92. The number of aromatic nitrogens is 3. The van der Waals surface area contributed by atoms with Gasteiger partial charge in [-0.15, -0.1) is 0 Å². The molecule has 0 aliphatic heterocycles. The predicted molar refractivity (Wildman–Crippen MR) is 126 cm³/mol. The molecule has 0 saturated heterocycles. The summed E-state index contributed by atoms with van der Waals surface area (Å²) in [5.74, 6) is 0. The van der Waals surface area contributed by atoms with Crippen molar-refractivity contribution < 1.29 is 0 Å². The zero-order chi connectivity index (χ0) is 21.3. The van der Waals surface area contributed by atoms with Crippen LogP contribution in [0.1, 0.15) is 58.1 Å². The third-order valence-corrected chi connectivity index (χ3v) is 6.08. The summed E-state index contributed by atoms with van der Waals surface area (Å²) >= 11 is 0. The summed E-state index contributed by atoms with van der Waals surface area (Å²) in [6, 6.07) is 12.0. The largest absolute Gasteiger partial charge is 0.371 e. The Balaban J connectivity index is 1.73. The van der Waals surface area contributed by atoms with Crippen LogP contribution in [0.2, 0.25) is 0 Å². The lowest BCUT2D eigenvalue weighted by atomic mass is 10.1. The molecule has 4 rings (SSSR count). The summed E-state index contributed by atoms with van der Waals surface area (Å²) < 4.78 is 2.05. The summed E-state index contributed by atoms with van der Waals surface area (Å²) in [4.78, 5) is 9.90. The van der Waals surface area contributed by atoms with E-state index in [1.165, 1.54) is 42.5 Å². The van der Waals surface area contributed by atoms with Gasteiger partial charge >= 0.3 is 0 Å². The Hall–Kier alpha value is -2.40. The molecule has 1 aliphatic carbocycles. The second-order valence-corrected chi connectivity index (χ2v) is 9.08. The number of pyridine rings is 1. The van der Waals surface area contributed by atoms with Gasteiger partial charge in [0.25, 0.3) is 0 Å². The highest BCUT2D eigenvalue weighted by Crippen LogP contribution is 2.37. The van der Waals surface area contributed by atoms with Crippen LogP contribution in [0.15, 0.2) is 36.5 Å². The molecule has 1 saturated carbocycles. The van der Waals surface area contributed by atoms with Crippen molar-refractivity contribution in [2.45, 2.75) is 65.1 Å². The van der Waals surface area contributed by atoms with Crippen molar-refractivity contribution in [3.63, 3.8) is 0 Å². The molecule has 0 bridgehead atoms. The maximum Gasteiger partial charge on any atom is 0.160 e. The van der Waals surface area contributed by atoms with Gasteiger partial charge < -0.3 is 9.80 Å². The van der Waals surface area contributed by atoms with E-state index in [2.05, 4.69) is 80.1 Å². The lowest BCUT2D eigenvalue weighted by molar-refractivity contribution is 0.321. The molecular formula is C25H35N5. The molecule has 0 radical (unpaired) electrons. The van der Waals surface area contributed by atoms with E-state index in [0.717, 1.165) is 29.8 Å². The van der Waals surface area contributed by atoms with Crippen molar-refractivity contribution in [2.75, 3.05) is 25.5 Å². The first-order valence-corrected chi connectivity index (χ1v) is 11.4. The molecule has 0 N–H and O–H groups in total. The number of benzene rings is 1. The fraction of sp³-hybridized carbons (Fsp3) is 0.520. The smallest absolute Gasteiger partial charge is 0.160 e. The first-order valence-electron chi connectivity index (χ1n) is 11.4. The zero-order valence-corrected chi connectivity index (χ0v) is 19.1. The number of rotatable bonds is 9. The topological polar surface area (TPSA) is 37.2 Å². The Morgan fingerprint density at radius 1 is 1.17 bits per heavy atom. The van der Waals surface area contributed by atoms with Gasteiger partial charge in [-0.25, -0.2) is 9.67 Å². The molecule has 0 unspecified atom stereocenters. The Bertz CT molecular complexity index is 1000. The Morgan fingerprint density at radius 2 is 1.97 bits per heavy atom. The molecule has 0 atom stereocenters. The van der Waals surface area contributed by atoms with Crippen LogP contribution in [0.3, 0.4) is 0 Å². The van der Waals surface area contributed by atoms with Crippen LogP contribution in [0, 0.1) is 0 Å². The molecule has 1 aliphatic rings. The summed E-state index contributed by atoms with van der Waals surface area (Å²) in [5, 5.41) is 5.81. The van der Waals surface area contributed by atoms with Gasteiger partial charge in [0.05, 0.1) is 23.0 Å².